The summed E-state index contributed by atoms with van der Waals surface area (Å²) in [5, 5.41) is 10.1. The van der Waals surface area contributed by atoms with Crippen LogP contribution < -0.4 is 10.6 Å². The van der Waals surface area contributed by atoms with Gasteiger partial charge in [0.2, 0.25) is 0 Å². The van der Waals surface area contributed by atoms with Gasteiger partial charge in [-0.2, -0.15) is 5.10 Å². The molecule has 5 nitrogen and oxygen atoms in total. The normalized spacial score (nSPS) is 11.9. The Labute approximate surface area is 112 Å². The van der Waals surface area contributed by atoms with E-state index >= 15 is 0 Å². The monoisotopic (exact) mass is 258 g/mol. The Hall–Kier alpha value is -2.30. The van der Waals surface area contributed by atoms with Crippen LogP contribution in [0, 0.1) is 0 Å². The Morgan fingerprint density at radius 3 is 2.84 bits per heavy atom. The molecule has 0 aliphatic heterocycles. The molecule has 2 rings (SSSR count). The summed E-state index contributed by atoms with van der Waals surface area (Å²) in [4.78, 5) is 12.2. The summed E-state index contributed by atoms with van der Waals surface area (Å²) in [6, 6.07) is 9.32. The smallest absolute Gasteiger partial charge is 0.253 e. The van der Waals surface area contributed by atoms with Crippen LogP contribution in [0.1, 0.15) is 17.3 Å². The molecule has 0 radical (unpaired) electrons. The maximum Gasteiger partial charge on any atom is 0.253 e. The van der Waals surface area contributed by atoms with Gasteiger partial charge in [-0.05, 0) is 25.1 Å². The molecule has 2 aromatic rings. The standard InChI is InChI=1S/C14H18N4O/c1-11(10-18-9-5-8-16-18)17-14(19)12-6-3-4-7-13(12)15-2/h3-9,11,15H,10H2,1-2H3,(H,17,19). The van der Waals surface area contributed by atoms with Gasteiger partial charge in [0.05, 0.1) is 12.1 Å². The van der Waals surface area contributed by atoms with Crippen molar-refractivity contribution in [3.05, 3.63) is 48.3 Å². The highest BCUT2D eigenvalue weighted by molar-refractivity contribution is 5.99. The van der Waals surface area contributed by atoms with Crippen LogP contribution in [0.4, 0.5) is 5.69 Å². The average molecular weight is 258 g/mol. The van der Waals surface area contributed by atoms with Crippen LogP contribution in [-0.4, -0.2) is 28.8 Å². The number of amides is 1. The molecule has 1 aromatic carbocycles. The Balaban J connectivity index is 2.00. The molecule has 0 saturated heterocycles. The van der Waals surface area contributed by atoms with Crippen molar-refractivity contribution in [2.75, 3.05) is 12.4 Å². The number of anilines is 1. The van der Waals surface area contributed by atoms with E-state index in [1.165, 1.54) is 0 Å². The molecule has 0 fully saturated rings. The van der Waals surface area contributed by atoms with Gasteiger partial charge in [-0.3, -0.25) is 9.48 Å². The number of nitrogens with one attached hydrogen (secondary N) is 2. The minimum Gasteiger partial charge on any atom is -0.387 e. The summed E-state index contributed by atoms with van der Waals surface area (Å²) in [7, 11) is 1.80. The first-order valence-corrected chi connectivity index (χ1v) is 6.26. The second-order valence-corrected chi connectivity index (χ2v) is 4.40. The van der Waals surface area contributed by atoms with Gasteiger partial charge in [0, 0.05) is 31.2 Å². The van der Waals surface area contributed by atoms with Crippen LogP contribution in [0.2, 0.25) is 0 Å². The molecule has 0 aliphatic carbocycles. The maximum atomic E-state index is 12.2. The van der Waals surface area contributed by atoms with Crippen molar-refractivity contribution < 1.29 is 4.79 Å². The van der Waals surface area contributed by atoms with E-state index in [0.717, 1.165) is 5.69 Å². The molecular formula is C14H18N4O. The predicted molar refractivity (Wildman–Crippen MR) is 75.1 cm³/mol. The summed E-state index contributed by atoms with van der Waals surface area (Å²) < 4.78 is 1.80. The summed E-state index contributed by atoms with van der Waals surface area (Å²) in [6.45, 7) is 2.61. The Kier molecular flexibility index (Phi) is 4.18. The molecule has 1 aromatic heterocycles. The van der Waals surface area contributed by atoms with E-state index in [9.17, 15) is 4.79 Å². The van der Waals surface area contributed by atoms with Gasteiger partial charge < -0.3 is 10.6 Å². The summed E-state index contributed by atoms with van der Waals surface area (Å²) >= 11 is 0. The number of carbonyl (C=O) groups excluding carboxylic acids is 1. The summed E-state index contributed by atoms with van der Waals surface area (Å²) in [6.07, 6.45) is 3.61. The number of aromatic nitrogens is 2. The first-order chi connectivity index (χ1) is 9.20. The SMILES string of the molecule is CNc1ccccc1C(=O)NC(C)Cn1cccn1. The highest BCUT2D eigenvalue weighted by Gasteiger charge is 2.13. The fraction of sp³-hybridized carbons (Fsp3) is 0.286. The molecule has 2 N–H and O–H groups in total. The zero-order valence-electron chi connectivity index (χ0n) is 11.1. The van der Waals surface area contributed by atoms with Crippen LogP contribution in [0.15, 0.2) is 42.7 Å². The highest BCUT2D eigenvalue weighted by atomic mass is 16.1. The third kappa shape index (κ3) is 3.34. The predicted octanol–water partition coefficient (Wildman–Crippen LogP) is 1.74. The lowest BCUT2D eigenvalue weighted by Crippen LogP contribution is -2.36. The molecule has 0 aliphatic rings. The Bertz CT molecular complexity index is 536. The number of hydrogen-bond donors (Lipinski definition) is 2. The fourth-order valence-corrected chi connectivity index (χ4v) is 1.94. The van der Waals surface area contributed by atoms with Crippen LogP contribution in [-0.2, 0) is 6.54 Å². The number of benzene rings is 1. The van der Waals surface area contributed by atoms with Crippen molar-refractivity contribution in [1.29, 1.82) is 0 Å². The van der Waals surface area contributed by atoms with Gasteiger partial charge in [-0.1, -0.05) is 12.1 Å². The van der Waals surface area contributed by atoms with E-state index in [2.05, 4.69) is 15.7 Å². The lowest BCUT2D eigenvalue weighted by molar-refractivity contribution is 0.0937. The number of para-hydroxylation sites is 1. The van der Waals surface area contributed by atoms with Crippen molar-refractivity contribution in [3.63, 3.8) is 0 Å². The van der Waals surface area contributed by atoms with Crippen molar-refractivity contribution >= 4 is 11.6 Å². The maximum absolute atomic E-state index is 12.2. The molecule has 1 unspecified atom stereocenters. The zero-order chi connectivity index (χ0) is 13.7. The minimum absolute atomic E-state index is 0.0114. The van der Waals surface area contributed by atoms with E-state index < -0.39 is 0 Å². The summed E-state index contributed by atoms with van der Waals surface area (Å²) in [5.74, 6) is -0.0791. The van der Waals surface area contributed by atoms with E-state index in [-0.39, 0.29) is 11.9 Å². The third-order valence-electron chi connectivity index (χ3n) is 2.84. The number of nitrogens with zero attached hydrogens (tertiary/aromatic N) is 2. The van der Waals surface area contributed by atoms with Gasteiger partial charge in [0.25, 0.3) is 5.91 Å². The molecule has 100 valence electrons. The van der Waals surface area contributed by atoms with Crippen LogP contribution in [0.3, 0.4) is 0 Å². The summed E-state index contributed by atoms with van der Waals surface area (Å²) in [5.41, 5.74) is 1.48. The first kappa shape index (κ1) is 13.1. The van der Waals surface area contributed by atoms with Gasteiger partial charge in [-0.25, -0.2) is 0 Å². The molecule has 19 heavy (non-hydrogen) atoms. The molecule has 1 amide bonds. The van der Waals surface area contributed by atoms with Gasteiger partial charge >= 0.3 is 0 Å². The van der Waals surface area contributed by atoms with Crippen molar-refractivity contribution in [2.24, 2.45) is 0 Å². The van der Waals surface area contributed by atoms with Gasteiger partial charge in [0.15, 0.2) is 0 Å². The average Bonchev–Trinajstić information content (AvgIpc) is 2.91. The molecule has 0 saturated carbocycles. The molecular weight excluding hydrogens is 240 g/mol. The Morgan fingerprint density at radius 1 is 1.37 bits per heavy atom. The largest absolute Gasteiger partial charge is 0.387 e. The number of rotatable bonds is 5. The number of carbonyl (C=O) groups is 1. The second kappa shape index (κ2) is 6.04. The van der Waals surface area contributed by atoms with Crippen LogP contribution in [0.25, 0.3) is 0 Å². The zero-order valence-corrected chi connectivity index (χ0v) is 11.1. The van der Waals surface area contributed by atoms with E-state index in [0.29, 0.717) is 12.1 Å². The van der Waals surface area contributed by atoms with Crippen molar-refractivity contribution in [1.82, 2.24) is 15.1 Å². The van der Waals surface area contributed by atoms with Crippen LogP contribution >= 0.6 is 0 Å². The van der Waals surface area contributed by atoms with Crippen molar-refractivity contribution in [2.45, 2.75) is 19.5 Å². The molecule has 1 heterocycles. The lowest BCUT2D eigenvalue weighted by atomic mass is 10.1. The van der Waals surface area contributed by atoms with E-state index in [1.807, 2.05) is 43.5 Å². The number of hydrogen-bond acceptors (Lipinski definition) is 3. The van der Waals surface area contributed by atoms with Crippen molar-refractivity contribution in [3.8, 4) is 0 Å². The molecule has 0 spiro atoms. The van der Waals surface area contributed by atoms with E-state index in [1.54, 1.807) is 17.9 Å². The minimum atomic E-state index is -0.0791. The Morgan fingerprint density at radius 2 is 2.16 bits per heavy atom. The van der Waals surface area contributed by atoms with Crippen LogP contribution in [0.5, 0.6) is 0 Å². The topological polar surface area (TPSA) is 59.0 Å². The first-order valence-electron chi connectivity index (χ1n) is 6.26. The van der Waals surface area contributed by atoms with Gasteiger partial charge in [0.1, 0.15) is 0 Å². The molecule has 5 heteroatoms. The molecule has 0 bridgehead atoms. The fourth-order valence-electron chi connectivity index (χ4n) is 1.94. The molecule has 1 atom stereocenters. The quantitative estimate of drug-likeness (QED) is 0.859. The second-order valence-electron chi connectivity index (χ2n) is 4.40. The lowest BCUT2D eigenvalue weighted by Gasteiger charge is -2.15. The van der Waals surface area contributed by atoms with E-state index in [4.69, 9.17) is 0 Å². The van der Waals surface area contributed by atoms with Gasteiger partial charge in [-0.15, -0.1) is 0 Å². The highest BCUT2D eigenvalue weighted by Crippen LogP contribution is 2.13. The third-order valence-corrected chi connectivity index (χ3v) is 2.84.